The van der Waals surface area contributed by atoms with Crippen molar-refractivity contribution >= 4 is 48.1 Å². The van der Waals surface area contributed by atoms with Gasteiger partial charge in [0.1, 0.15) is 6.54 Å². The lowest BCUT2D eigenvalue weighted by atomic mass is 10.1. The van der Waals surface area contributed by atoms with Gasteiger partial charge in [0, 0.05) is 25.3 Å². The number of rotatable bonds is 1. The monoisotopic (exact) mass is 328 g/mol. The van der Waals surface area contributed by atoms with Gasteiger partial charge in [-0.15, -0.1) is 24.8 Å². The van der Waals surface area contributed by atoms with E-state index in [9.17, 15) is 4.79 Å². The third kappa shape index (κ3) is 2.80. The second-order valence-corrected chi connectivity index (χ2v) is 5.35. The van der Waals surface area contributed by atoms with Gasteiger partial charge < -0.3 is 9.80 Å². The predicted molar refractivity (Wildman–Crippen MR) is 88.0 cm³/mol. The summed E-state index contributed by atoms with van der Waals surface area (Å²) in [6, 6.07) is 6.43. The molecule has 1 amide bonds. The lowest BCUT2D eigenvalue weighted by Gasteiger charge is -2.25. The Morgan fingerprint density at radius 2 is 1.81 bits per heavy atom. The van der Waals surface area contributed by atoms with Crippen LogP contribution in [-0.2, 0) is 11.3 Å². The summed E-state index contributed by atoms with van der Waals surface area (Å²) in [6.45, 7) is 3.49. The van der Waals surface area contributed by atoms with Gasteiger partial charge >= 0.3 is 0 Å². The number of nitrogens with one attached hydrogen (secondary N) is 1. The maximum Gasteiger partial charge on any atom is 0.246 e. The zero-order chi connectivity index (χ0) is 12.8. The van der Waals surface area contributed by atoms with Crippen molar-refractivity contribution in [1.29, 1.82) is 0 Å². The maximum absolute atomic E-state index is 11.4. The summed E-state index contributed by atoms with van der Waals surface area (Å²) in [5.41, 5.74) is 3.48. The third-order valence-corrected chi connectivity index (χ3v) is 4.01. The van der Waals surface area contributed by atoms with E-state index in [1.807, 2.05) is 4.90 Å². The Labute approximate surface area is 136 Å². The minimum absolute atomic E-state index is 0. The van der Waals surface area contributed by atoms with Crippen molar-refractivity contribution in [3.8, 4) is 0 Å². The molecule has 4 rings (SSSR count). The van der Waals surface area contributed by atoms with Crippen LogP contribution in [-0.4, -0.2) is 36.4 Å². The van der Waals surface area contributed by atoms with Gasteiger partial charge in [0.05, 0.1) is 5.69 Å². The minimum atomic E-state index is 0. The second kappa shape index (κ2) is 6.12. The average Bonchev–Trinajstić information content (AvgIpc) is 3.03. The van der Waals surface area contributed by atoms with Gasteiger partial charge in [-0.25, -0.2) is 4.99 Å². The van der Waals surface area contributed by atoms with E-state index in [4.69, 9.17) is 0 Å². The predicted octanol–water partition coefficient (Wildman–Crippen LogP) is 2.06. The number of fused-ring (bicyclic) bond motifs is 2. The van der Waals surface area contributed by atoms with Gasteiger partial charge in [-0.3, -0.25) is 10.1 Å². The van der Waals surface area contributed by atoms with Crippen molar-refractivity contribution in [3.05, 3.63) is 23.8 Å². The first-order chi connectivity index (χ1) is 9.29. The Kier molecular flexibility index (Phi) is 4.64. The normalized spacial score (nSPS) is 19.0. The molecule has 0 spiro atoms. The van der Waals surface area contributed by atoms with Gasteiger partial charge in [-0.05, 0) is 36.6 Å². The van der Waals surface area contributed by atoms with Crippen molar-refractivity contribution in [3.63, 3.8) is 0 Å². The summed E-state index contributed by atoms with van der Waals surface area (Å²) in [5.74, 6) is 0.734. The number of amides is 1. The standard InChI is InChI=1S/C14H16N4O.2ClH/c19-13-9-18-8-10-7-11(17-5-1-2-6-17)3-4-12(10)15-14(18)16-13;;/h3-4,7H,1-2,5-6,8-9H2,(H,15,16,19);2*1H. The molecule has 0 aliphatic carbocycles. The molecule has 5 nitrogen and oxygen atoms in total. The molecule has 0 radical (unpaired) electrons. The molecule has 2 saturated heterocycles. The highest BCUT2D eigenvalue weighted by molar-refractivity contribution is 6.05. The molecule has 21 heavy (non-hydrogen) atoms. The number of benzene rings is 1. The lowest BCUT2D eigenvalue weighted by molar-refractivity contribution is -0.118. The van der Waals surface area contributed by atoms with E-state index in [-0.39, 0.29) is 30.7 Å². The van der Waals surface area contributed by atoms with E-state index in [0.29, 0.717) is 12.5 Å². The number of carbonyl (C=O) groups excluding carboxylic acids is 1. The third-order valence-electron chi connectivity index (χ3n) is 4.01. The number of nitrogens with zero attached hydrogens (tertiary/aromatic N) is 3. The molecule has 3 aliphatic rings. The van der Waals surface area contributed by atoms with Crippen molar-refractivity contribution < 1.29 is 4.79 Å². The zero-order valence-corrected chi connectivity index (χ0v) is 13.2. The summed E-state index contributed by atoms with van der Waals surface area (Å²) in [6.07, 6.45) is 2.56. The molecule has 2 fully saturated rings. The first kappa shape index (κ1) is 15.9. The Balaban J connectivity index is 0.000000807. The van der Waals surface area contributed by atoms with E-state index < -0.39 is 0 Å². The summed E-state index contributed by atoms with van der Waals surface area (Å²) in [5, 5.41) is 2.79. The molecule has 7 heteroatoms. The lowest BCUT2D eigenvalue weighted by Crippen LogP contribution is -2.32. The molecule has 1 aromatic carbocycles. The number of hydrogen-bond acceptors (Lipinski definition) is 4. The van der Waals surface area contributed by atoms with Crippen LogP contribution < -0.4 is 10.2 Å². The van der Waals surface area contributed by atoms with Crippen molar-refractivity contribution in [2.75, 3.05) is 24.5 Å². The molecule has 3 aliphatic heterocycles. The largest absolute Gasteiger partial charge is 0.372 e. The molecule has 3 heterocycles. The topological polar surface area (TPSA) is 47.9 Å². The Morgan fingerprint density at radius 1 is 1.05 bits per heavy atom. The fourth-order valence-electron chi connectivity index (χ4n) is 3.02. The molecule has 0 atom stereocenters. The van der Waals surface area contributed by atoms with E-state index in [1.165, 1.54) is 24.1 Å². The van der Waals surface area contributed by atoms with Crippen LogP contribution >= 0.6 is 24.8 Å². The van der Waals surface area contributed by atoms with E-state index >= 15 is 0 Å². The number of halogens is 2. The second-order valence-electron chi connectivity index (χ2n) is 5.35. The first-order valence-electron chi connectivity index (χ1n) is 6.81. The van der Waals surface area contributed by atoms with E-state index in [1.54, 1.807) is 0 Å². The van der Waals surface area contributed by atoms with E-state index in [2.05, 4.69) is 33.4 Å². The van der Waals surface area contributed by atoms with Gasteiger partial charge in [0.15, 0.2) is 0 Å². The highest BCUT2D eigenvalue weighted by Crippen LogP contribution is 2.31. The SMILES string of the molecule is Cl.Cl.O=C1CN2Cc3cc(N4CCCC4)ccc3N=C2N1. The molecule has 114 valence electrons. The Hall–Kier alpha value is -1.46. The highest BCUT2D eigenvalue weighted by Gasteiger charge is 2.29. The van der Waals surface area contributed by atoms with Gasteiger partial charge in [-0.1, -0.05) is 0 Å². The molecule has 0 unspecified atom stereocenters. The molecule has 0 aromatic heterocycles. The van der Waals surface area contributed by atoms with Gasteiger partial charge in [0.2, 0.25) is 11.9 Å². The van der Waals surface area contributed by atoms with Crippen LogP contribution in [0.15, 0.2) is 23.2 Å². The van der Waals surface area contributed by atoms with Crippen LogP contribution in [0.1, 0.15) is 18.4 Å². The van der Waals surface area contributed by atoms with Crippen molar-refractivity contribution in [2.45, 2.75) is 19.4 Å². The van der Waals surface area contributed by atoms with Crippen molar-refractivity contribution in [1.82, 2.24) is 10.2 Å². The molecule has 1 N–H and O–H groups in total. The number of anilines is 1. The number of guanidine groups is 1. The fourth-order valence-corrected chi connectivity index (χ4v) is 3.02. The number of aliphatic imine (C=N–C) groups is 1. The Bertz CT molecular complexity index is 584. The van der Waals surface area contributed by atoms with Crippen molar-refractivity contribution in [2.24, 2.45) is 4.99 Å². The first-order valence-corrected chi connectivity index (χ1v) is 6.81. The van der Waals surface area contributed by atoms with Gasteiger partial charge in [-0.2, -0.15) is 0 Å². The van der Waals surface area contributed by atoms with Crippen LogP contribution in [0.3, 0.4) is 0 Å². The molecular formula is C14H18Cl2N4O. The minimum Gasteiger partial charge on any atom is -0.372 e. The number of hydrogen-bond donors (Lipinski definition) is 1. The highest BCUT2D eigenvalue weighted by atomic mass is 35.5. The Morgan fingerprint density at radius 3 is 2.57 bits per heavy atom. The summed E-state index contributed by atoms with van der Waals surface area (Å²) < 4.78 is 0. The molecule has 1 aromatic rings. The summed E-state index contributed by atoms with van der Waals surface area (Å²) in [7, 11) is 0. The number of carbonyl (C=O) groups is 1. The van der Waals surface area contributed by atoms with Crippen LogP contribution in [0.4, 0.5) is 11.4 Å². The molecular weight excluding hydrogens is 311 g/mol. The van der Waals surface area contributed by atoms with Crippen LogP contribution in [0, 0.1) is 0 Å². The van der Waals surface area contributed by atoms with Crippen LogP contribution in [0.2, 0.25) is 0 Å². The molecule has 0 bridgehead atoms. The molecule has 0 saturated carbocycles. The fraction of sp³-hybridized carbons (Fsp3) is 0.429. The zero-order valence-electron chi connectivity index (χ0n) is 11.5. The van der Waals surface area contributed by atoms with Crippen LogP contribution in [0.25, 0.3) is 0 Å². The average molecular weight is 329 g/mol. The summed E-state index contributed by atoms with van der Waals surface area (Å²) >= 11 is 0. The van der Waals surface area contributed by atoms with E-state index in [0.717, 1.165) is 25.3 Å². The summed E-state index contributed by atoms with van der Waals surface area (Å²) in [4.78, 5) is 20.3. The smallest absolute Gasteiger partial charge is 0.246 e. The van der Waals surface area contributed by atoms with Crippen LogP contribution in [0.5, 0.6) is 0 Å². The quantitative estimate of drug-likeness (QED) is 0.858. The van der Waals surface area contributed by atoms with Gasteiger partial charge in [0.25, 0.3) is 0 Å². The maximum atomic E-state index is 11.4.